The Labute approximate surface area is 57.4 Å². The summed E-state index contributed by atoms with van der Waals surface area (Å²) < 4.78 is 0. The molecule has 1 aliphatic rings. The van der Waals surface area contributed by atoms with E-state index >= 15 is 0 Å². The first-order valence-corrected chi connectivity index (χ1v) is 3.62. The van der Waals surface area contributed by atoms with Crippen LogP contribution in [0.3, 0.4) is 0 Å². The van der Waals surface area contributed by atoms with Crippen LogP contribution in [0.1, 0.15) is 13.3 Å². The zero-order valence-corrected chi connectivity index (χ0v) is 6.59. The van der Waals surface area contributed by atoms with Crippen molar-refractivity contribution < 1.29 is 0 Å². The molecule has 0 saturated carbocycles. The Balaban J connectivity index is 2.41. The van der Waals surface area contributed by atoms with Gasteiger partial charge in [0, 0.05) is 13.1 Å². The van der Waals surface area contributed by atoms with E-state index in [0.717, 1.165) is 0 Å². The quantitative estimate of drug-likeness (QED) is 0.471. The van der Waals surface area contributed by atoms with Crippen molar-refractivity contribution in [2.45, 2.75) is 19.5 Å². The molecule has 1 heterocycles. The standard InChI is InChI=1S/C7H16N2/c1-7-8(2)5-4-6-9(7)3/h7H,4-6H2,1-3H3. The highest BCUT2D eigenvalue weighted by Gasteiger charge is 2.17. The van der Waals surface area contributed by atoms with Gasteiger partial charge in [0.2, 0.25) is 0 Å². The van der Waals surface area contributed by atoms with E-state index in [1.54, 1.807) is 0 Å². The molecule has 54 valence electrons. The molecule has 0 aromatic carbocycles. The summed E-state index contributed by atoms with van der Waals surface area (Å²) in [6, 6.07) is 0. The lowest BCUT2D eigenvalue weighted by Crippen LogP contribution is -2.48. The Hall–Kier alpha value is -0.0800. The molecule has 2 nitrogen and oxygen atoms in total. The Morgan fingerprint density at radius 1 is 1.11 bits per heavy atom. The lowest BCUT2D eigenvalue weighted by molar-refractivity contribution is 0.0561. The average Bonchev–Trinajstić information content (AvgIpc) is 1.83. The van der Waals surface area contributed by atoms with Crippen molar-refractivity contribution in [3.63, 3.8) is 0 Å². The van der Waals surface area contributed by atoms with Crippen LogP contribution < -0.4 is 0 Å². The van der Waals surface area contributed by atoms with E-state index < -0.39 is 0 Å². The van der Waals surface area contributed by atoms with E-state index in [2.05, 4.69) is 30.8 Å². The minimum atomic E-state index is 0.638. The maximum Gasteiger partial charge on any atom is 0.0588 e. The van der Waals surface area contributed by atoms with Crippen LogP contribution in [-0.4, -0.2) is 43.2 Å². The second kappa shape index (κ2) is 2.67. The van der Waals surface area contributed by atoms with Crippen molar-refractivity contribution in [1.29, 1.82) is 0 Å². The van der Waals surface area contributed by atoms with Crippen molar-refractivity contribution in [1.82, 2.24) is 9.80 Å². The predicted molar refractivity (Wildman–Crippen MR) is 39.3 cm³/mol. The minimum Gasteiger partial charge on any atom is -0.291 e. The van der Waals surface area contributed by atoms with Crippen molar-refractivity contribution in [3.8, 4) is 0 Å². The molecule has 2 heteroatoms. The molecule has 0 bridgehead atoms. The van der Waals surface area contributed by atoms with Gasteiger partial charge in [-0.3, -0.25) is 9.80 Å². The molecular weight excluding hydrogens is 112 g/mol. The number of nitrogens with zero attached hydrogens (tertiary/aromatic N) is 2. The largest absolute Gasteiger partial charge is 0.291 e. The topological polar surface area (TPSA) is 6.48 Å². The summed E-state index contributed by atoms with van der Waals surface area (Å²) in [4.78, 5) is 4.76. The minimum absolute atomic E-state index is 0.638. The van der Waals surface area contributed by atoms with Crippen LogP contribution in [0.15, 0.2) is 0 Å². The Morgan fingerprint density at radius 2 is 1.56 bits per heavy atom. The molecule has 9 heavy (non-hydrogen) atoms. The van der Waals surface area contributed by atoms with Crippen molar-refractivity contribution >= 4 is 0 Å². The van der Waals surface area contributed by atoms with Gasteiger partial charge in [-0.25, -0.2) is 0 Å². The van der Waals surface area contributed by atoms with Crippen molar-refractivity contribution in [3.05, 3.63) is 0 Å². The van der Waals surface area contributed by atoms with Crippen LogP contribution >= 0.6 is 0 Å². The van der Waals surface area contributed by atoms with E-state index in [4.69, 9.17) is 0 Å². The summed E-state index contributed by atoms with van der Waals surface area (Å²) in [5.41, 5.74) is 0. The third-order valence-corrected chi connectivity index (χ3v) is 2.30. The predicted octanol–water partition coefficient (Wildman–Crippen LogP) is 0.600. The van der Waals surface area contributed by atoms with Gasteiger partial charge in [-0.1, -0.05) is 0 Å². The monoisotopic (exact) mass is 128 g/mol. The Bertz CT molecular complexity index is 82.9. The first kappa shape index (κ1) is 7.03. The van der Waals surface area contributed by atoms with E-state index in [1.807, 2.05) is 0 Å². The molecule has 0 aliphatic carbocycles. The molecule has 0 radical (unpaired) electrons. The van der Waals surface area contributed by atoms with Gasteiger partial charge in [0.1, 0.15) is 0 Å². The highest BCUT2D eigenvalue weighted by Crippen LogP contribution is 2.07. The summed E-state index contributed by atoms with van der Waals surface area (Å²) in [6.07, 6.45) is 1.95. The van der Waals surface area contributed by atoms with Crippen LogP contribution in [0.4, 0.5) is 0 Å². The molecular formula is C7H16N2. The van der Waals surface area contributed by atoms with Crippen LogP contribution in [0.2, 0.25) is 0 Å². The Morgan fingerprint density at radius 3 is 1.89 bits per heavy atom. The van der Waals surface area contributed by atoms with Gasteiger partial charge in [0.25, 0.3) is 0 Å². The summed E-state index contributed by atoms with van der Waals surface area (Å²) in [5.74, 6) is 0. The first-order chi connectivity index (χ1) is 4.22. The van der Waals surface area contributed by atoms with Gasteiger partial charge in [-0.2, -0.15) is 0 Å². The molecule has 1 aliphatic heterocycles. The molecule has 0 amide bonds. The summed E-state index contributed by atoms with van der Waals surface area (Å²) in [5, 5.41) is 0. The summed E-state index contributed by atoms with van der Waals surface area (Å²) in [6.45, 7) is 4.76. The number of rotatable bonds is 0. The molecule has 1 saturated heterocycles. The van der Waals surface area contributed by atoms with Gasteiger partial charge < -0.3 is 0 Å². The summed E-state index contributed by atoms with van der Waals surface area (Å²) >= 11 is 0. The highest BCUT2D eigenvalue weighted by molar-refractivity contribution is 4.69. The second-order valence-electron chi connectivity index (χ2n) is 2.95. The van der Waals surface area contributed by atoms with E-state index in [-0.39, 0.29) is 0 Å². The molecule has 0 aromatic rings. The maximum atomic E-state index is 2.38. The van der Waals surface area contributed by atoms with Gasteiger partial charge in [-0.15, -0.1) is 0 Å². The third-order valence-electron chi connectivity index (χ3n) is 2.30. The average molecular weight is 128 g/mol. The van der Waals surface area contributed by atoms with E-state index in [9.17, 15) is 0 Å². The Kier molecular flexibility index (Phi) is 2.09. The first-order valence-electron chi connectivity index (χ1n) is 3.62. The lowest BCUT2D eigenvalue weighted by Gasteiger charge is -2.37. The molecule has 0 atom stereocenters. The fourth-order valence-electron chi connectivity index (χ4n) is 1.28. The smallest absolute Gasteiger partial charge is 0.0588 e. The zero-order valence-electron chi connectivity index (χ0n) is 6.59. The fourth-order valence-corrected chi connectivity index (χ4v) is 1.28. The zero-order chi connectivity index (χ0) is 6.85. The summed E-state index contributed by atoms with van der Waals surface area (Å²) in [7, 11) is 4.36. The number of hydrogen-bond donors (Lipinski definition) is 0. The van der Waals surface area contributed by atoms with Crippen LogP contribution in [0.25, 0.3) is 0 Å². The van der Waals surface area contributed by atoms with E-state index in [1.165, 1.54) is 19.5 Å². The van der Waals surface area contributed by atoms with E-state index in [0.29, 0.717) is 6.17 Å². The van der Waals surface area contributed by atoms with Gasteiger partial charge in [0.15, 0.2) is 0 Å². The van der Waals surface area contributed by atoms with Crippen LogP contribution in [0, 0.1) is 0 Å². The fraction of sp³-hybridized carbons (Fsp3) is 1.00. The molecule has 1 fully saturated rings. The SMILES string of the molecule is CC1N(C)CCCN1C. The normalized spacial score (nSPS) is 27.0. The van der Waals surface area contributed by atoms with Crippen molar-refractivity contribution in [2.75, 3.05) is 27.2 Å². The molecule has 0 unspecified atom stereocenters. The molecule has 0 N–H and O–H groups in total. The molecule has 0 aromatic heterocycles. The van der Waals surface area contributed by atoms with Gasteiger partial charge in [-0.05, 0) is 27.4 Å². The second-order valence-corrected chi connectivity index (χ2v) is 2.95. The van der Waals surface area contributed by atoms with Gasteiger partial charge in [0.05, 0.1) is 6.17 Å². The highest BCUT2D eigenvalue weighted by atomic mass is 15.3. The number of hydrogen-bond acceptors (Lipinski definition) is 2. The van der Waals surface area contributed by atoms with Gasteiger partial charge >= 0.3 is 0 Å². The third kappa shape index (κ3) is 1.43. The van der Waals surface area contributed by atoms with Crippen molar-refractivity contribution in [2.24, 2.45) is 0 Å². The molecule has 0 spiro atoms. The van der Waals surface area contributed by atoms with Crippen LogP contribution in [0.5, 0.6) is 0 Å². The maximum absolute atomic E-state index is 2.38. The molecule has 1 rings (SSSR count). The lowest BCUT2D eigenvalue weighted by atomic mass is 10.2. The van der Waals surface area contributed by atoms with Crippen LogP contribution in [-0.2, 0) is 0 Å².